The van der Waals surface area contributed by atoms with Gasteiger partial charge >= 0.3 is 0 Å². The lowest BCUT2D eigenvalue weighted by Gasteiger charge is -2.02. The van der Waals surface area contributed by atoms with Crippen LogP contribution in [0.2, 0.25) is 0 Å². The summed E-state index contributed by atoms with van der Waals surface area (Å²) in [4.78, 5) is 10.7. The Bertz CT molecular complexity index is 1070. The number of rotatable bonds is 2. The molecule has 23 heavy (non-hydrogen) atoms. The Hall–Kier alpha value is -3.34. The van der Waals surface area contributed by atoms with E-state index in [-0.39, 0.29) is 5.82 Å². The molecular weight excluding hydrogens is 302 g/mol. The first kappa shape index (κ1) is 13.3. The summed E-state index contributed by atoms with van der Waals surface area (Å²) in [5.74, 6) is -0.350. The Labute approximate surface area is 128 Å². The minimum Gasteiger partial charge on any atom is -0.337 e. The lowest BCUT2D eigenvalue weighted by molar-refractivity contribution is 0.142. The molecule has 0 unspecified atom stereocenters. The fraction of sp³-hybridized carbons (Fsp3) is 0.0667. The van der Waals surface area contributed by atoms with Crippen LogP contribution in [0.4, 0.5) is 8.78 Å². The van der Waals surface area contributed by atoms with Crippen molar-refractivity contribution < 1.29 is 8.78 Å². The predicted octanol–water partition coefficient (Wildman–Crippen LogP) is 3.08. The summed E-state index contributed by atoms with van der Waals surface area (Å²) >= 11 is 0. The van der Waals surface area contributed by atoms with Gasteiger partial charge in [-0.3, -0.25) is 0 Å². The molecule has 0 radical (unpaired) electrons. The summed E-state index contributed by atoms with van der Waals surface area (Å²) < 4.78 is 26.9. The molecule has 0 saturated heterocycles. The fourth-order valence-corrected chi connectivity index (χ4v) is 2.41. The number of hydrogen-bond acceptors (Lipinski definition) is 4. The van der Waals surface area contributed by atoms with Crippen molar-refractivity contribution in [2.45, 2.75) is 6.43 Å². The maximum Gasteiger partial charge on any atom is 0.295 e. The molecule has 0 atom stereocenters. The summed E-state index contributed by atoms with van der Waals surface area (Å²) in [5.41, 5.74) is 3.39. The van der Waals surface area contributed by atoms with E-state index in [1.54, 1.807) is 30.6 Å². The van der Waals surface area contributed by atoms with Crippen LogP contribution in [0.15, 0.2) is 36.8 Å². The molecule has 6 nitrogen and oxygen atoms in total. The number of hydrogen-bond donors (Lipinski definition) is 1. The maximum absolute atomic E-state index is 12.7. The van der Waals surface area contributed by atoms with Crippen LogP contribution in [-0.4, -0.2) is 24.6 Å². The second-order valence-electron chi connectivity index (χ2n) is 4.94. The monoisotopic (exact) mass is 310 g/mol. The van der Waals surface area contributed by atoms with E-state index in [1.165, 1.54) is 10.7 Å². The third-order valence-electron chi connectivity index (χ3n) is 3.52. The molecule has 112 valence electrons. The highest BCUT2D eigenvalue weighted by Crippen LogP contribution is 2.25. The smallest absolute Gasteiger partial charge is 0.295 e. The number of fused-ring (bicyclic) bond motifs is 2. The maximum atomic E-state index is 12.7. The number of alkyl halides is 2. The largest absolute Gasteiger partial charge is 0.337 e. The van der Waals surface area contributed by atoms with Crippen molar-refractivity contribution in [2.75, 3.05) is 0 Å². The molecule has 1 aromatic carbocycles. The highest BCUT2D eigenvalue weighted by Gasteiger charge is 2.13. The van der Waals surface area contributed by atoms with Gasteiger partial charge in [-0.25, -0.2) is 23.3 Å². The van der Waals surface area contributed by atoms with Crippen molar-refractivity contribution in [1.29, 1.82) is 5.26 Å². The van der Waals surface area contributed by atoms with E-state index in [0.717, 1.165) is 11.1 Å². The van der Waals surface area contributed by atoms with Gasteiger partial charge in [-0.15, -0.1) is 0 Å². The fourth-order valence-electron chi connectivity index (χ4n) is 2.41. The zero-order valence-corrected chi connectivity index (χ0v) is 11.5. The number of nitrogens with one attached hydrogen (secondary N) is 1. The lowest BCUT2D eigenvalue weighted by Crippen LogP contribution is -1.92. The molecule has 4 rings (SSSR count). The molecule has 0 saturated carbocycles. The van der Waals surface area contributed by atoms with Crippen LogP contribution in [-0.2, 0) is 0 Å². The number of halogens is 2. The molecule has 1 N–H and O–H groups in total. The molecule has 3 heterocycles. The minimum absolute atomic E-state index is 0.350. The van der Waals surface area contributed by atoms with E-state index < -0.39 is 6.43 Å². The number of nitriles is 1. The summed E-state index contributed by atoms with van der Waals surface area (Å²) in [5, 5.41) is 13.0. The molecule has 4 aromatic rings. The third-order valence-corrected chi connectivity index (χ3v) is 3.52. The number of benzene rings is 1. The standard InChI is InChI=1S/C15H8F2N6/c16-13(17)14-21-11-2-1-8(3-12(11)22-14)10-5-19-15-9(4-18)6-20-23(15)7-10/h1-3,5-7,13H,(H,21,22). The summed E-state index contributed by atoms with van der Waals surface area (Å²) in [6, 6.07) is 7.19. The highest BCUT2D eigenvalue weighted by molar-refractivity contribution is 5.82. The number of aromatic amines is 1. The van der Waals surface area contributed by atoms with Gasteiger partial charge in [0.1, 0.15) is 11.6 Å². The zero-order chi connectivity index (χ0) is 16.0. The van der Waals surface area contributed by atoms with Crippen molar-refractivity contribution in [3.8, 4) is 17.2 Å². The van der Waals surface area contributed by atoms with Crippen molar-refractivity contribution in [3.63, 3.8) is 0 Å². The van der Waals surface area contributed by atoms with E-state index in [9.17, 15) is 8.78 Å². The van der Waals surface area contributed by atoms with Crippen LogP contribution in [0, 0.1) is 11.3 Å². The Balaban J connectivity index is 1.83. The molecule has 0 fully saturated rings. The van der Waals surface area contributed by atoms with Gasteiger partial charge in [-0.2, -0.15) is 10.4 Å². The minimum atomic E-state index is -2.64. The van der Waals surface area contributed by atoms with Crippen LogP contribution in [0.3, 0.4) is 0 Å². The topological polar surface area (TPSA) is 82.7 Å². The van der Waals surface area contributed by atoms with E-state index in [0.29, 0.717) is 22.2 Å². The van der Waals surface area contributed by atoms with Gasteiger partial charge in [0.2, 0.25) is 0 Å². The molecule has 0 bridgehead atoms. The van der Waals surface area contributed by atoms with Gasteiger partial charge in [-0.05, 0) is 17.7 Å². The second kappa shape index (κ2) is 4.84. The normalized spacial score (nSPS) is 11.4. The Morgan fingerprint density at radius 1 is 1.22 bits per heavy atom. The Morgan fingerprint density at radius 3 is 2.87 bits per heavy atom. The second-order valence-corrected chi connectivity index (χ2v) is 4.94. The van der Waals surface area contributed by atoms with E-state index in [2.05, 4.69) is 20.1 Å². The predicted molar refractivity (Wildman–Crippen MR) is 77.7 cm³/mol. The molecule has 0 spiro atoms. The summed E-state index contributed by atoms with van der Waals surface area (Å²) in [7, 11) is 0. The number of imidazole rings is 1. The van der Waals surface area contributed by atoms with Gasteiger partial charge in [0.15, 0.2) is 11.5 Å². The molecule has 0 aliphatic carbocycles. The average molecular weight is 310 g/mol. The van der Waals surface area contributed by atoms with Gasteiger partial charge < -0.3 is 4.98 Å². The highest BCUT2D eigenvalue weighted by atomic mass is 19.3. The van der Waals surface area contributed by atoms with Gasteiger partial charge in [0, 0.05) is 18.0 Å². The van der Waals surface area contributed by atoms with Crippen LogP contribution < -0.4 is 0 Å². The van der Waals surface area contributed by atoms with E-state index in [1.807, 2.05) is 6.07 Å². The van der Waals surface area contributed by atoms with Crippen molar-refractivity contribution >= 4 is 16.7 Å². The average Bonchev–Trinajstić information content (AvgIpc) is 3.17. The van der Waals surface area contributed by atoms with Gasteiger partial charge in [0.05, 0.1) is 17.2 Å². The molecule has 8 heteroatoms. The first-order chi connectivity index (χ1) is 11.2. The van der Waals surface area contributed by atoms with Crippen molar-refractivity contribution in [2.24, 2.45) is 0 Å². The Kier molecular flexibility index (Phi) is 2.81. The Morgan fingerprint density at radius 2 is 2.09 bits per heavy atom. The summed E-state index contributed by atoms with van der Waals surface area (Å²) in [6.07, 6.45) is 2.15. The van der Waals surface area contributed by atoms with Crippen LogP contribution in [0.25, 0.3) is 27.8 Å². The van der Waals surface area contributed by atoms with Crippen molar-refractivity contribution in [1.82, 2.24) is 24.6 Å². The SMILES string of the molecule is N#Cc1cnn2cc(-c3ccc4nc(C(F)F)[nH]c4c3)cnc12. The first-order valence-corrected chi connectivity index (χ1v) is 6.67. The molecule has 0 aliphatic rings. The number of H-pyrrole nitrogens is 1. The quantitative estimate of drug-likeness (QED) is 0.617. The van der Waals surface area contributed by atoms with Crippen molar-refractivity contribution in [3.05, 3.63) is 48.2 Å². The van der Waals surface area contributed by atoms with E-state index in [4.69, 9.17) is 5.26 Å². The van der Waals surface area contributed by atoms with Crippen LogP contribution >= 0.6 is 0 Å². The summed E-state index contributed by atoms with van der Waals surface area (Å²) in [6.45, 7) is 0. The van der Waals surface area contributed by atoms with Crippen LogP contribution in [0.5, 0.6) is 0 Å². The lowest BCUT2D eigenvalue weighted by atomic mass is 10.1. The molecular formula is C15H8F2N6. The molecule has 3 aromatic heterocycles. The van der Waals surface area contributed by atoms with Gasteiger partial charge in [-0.1, -0.05) is 6.07 Å². The molecule has 0 aliphatic heterocycles. The first-order valence-electron chi connectivity index (χ1n) is 6.67. The van der Waals surface area contributed by atoms with E-state index >= 15 is 0 Å². The third kappa shape index (κ3) is 2.10. The molecule has 0 amide bonds. The van der Waals surface area contributed by atoms with Crippen LogP contribution in [0.1, 0.15) is 17.8 Å². The number of nitrogens with zero attached hydrogens (tertiary/aromatic N) is 5. The van der Waals surface area contributed by atoms with Gasteiger partial charge in [0.25, 0.3) is 6.43 Å². The number of aromatic nitrogens is 5. The zero-order valence-electron chi connectivity index (χ0n) is 11.5.